The highest BCUT2D eigenvalue weighted by Gasteiger charge is 2.30. The van der Waals surface area contributed by atoms with Crippen molar-refractivity contribution in [3.8, 4) is 0 Å². The number of rotatable bonds is 2. The third kappa shape index (κ3) is 3.98. The molecule has 1 aromatic rings. The Morgan fingerprint density at radius 1 is 1.33 bits per heavy atom. The van der Waals surface area contributed by atoms with E-state index in [1.807, 2.05) is 4.90 Å². The summed E-state index contributed by atoms with van der Waals surface area (Å²) >= 11 is 11.9. The van der Waals surface area contributed by atoms with Crippen LogP contribution < -0.4 is 10.6 Å². The van der Waals surface area contributed by atoms with Crippen molar-refractivity contribution in [3.05, 3.63) is 28.2 Å². The summed E-state index contributed by atoms with van der Waals surface area (Å²) in [5, 5.41) is 6.20. The third-order valence-corrected chi connectivity index (χ3v) is 4.26. The van der Waals surface area contributed by atoms with Crippen LogP contribution in [0, 0.1) is 0 Å². The second-order valence-corrected chi connectivity index (χ2v) is 6.28. The van der Waals surface area contributed by atoms with E-state index in [0.29, 0.717) is 48.0 Å². The molecule has 1 fully saturated rings. The van der Waals surface area contributed by atoms with Crippen LogP contribution in [0.2, 0.25) is 10.0 Å². The molecule has 1 saturated heterocycles. The SMILES string of the molecule is O=C1C[C@H](C(=O)Nc2ccc(Cl)cc2Cl)N=C(N2CCOCC2)N1. The molecule has 0 aromatic heterocycles. The van der Waals surface area contributed by atoms with Gasteiger partial charge in [-0.25, -0.2) is 4.99 Å². The highest BCUT2D eigenvalue weighted by atomic mass is 35.5. The van der Waals surface area contributed by atoms with Gasteiger partial charge in [-0.3, -0.25) is 14.9 Å². The van der Waals surface area contributed by atoms with Gasteiger partial charge in [0.1, 0.15) is 6.04 Å². The van der Waals surface area contributed by atoms with Crippen molar-refractivity contribution in [3.63, 3.8) is 0 Å². The zero-order valence-corrected chi connectivity index (χ0v) is 14.2. The van der Waals surface area contributed by atoms with E-state index in [4.69, 9.17) is 27.9 Å². The maximum atomic E-state index is 12.4. The molecule has 1 aromatic carbocycles. The first-order valence-electron chi connectivity index (χ1n) is 7.49. The Bertz CT molecular complexity index is 689. The van der Waals surface area contributed by atoms with Crippen molar-refractivity contribution >= 4 is 46.7 Å². The topological polar surface area (TPSA) is 83.0 Å². The number of amides is 2. The van der Waals surface area contributed by atoms with E-state index in [9.17, 15) is 9.59 Å². The molecule has 7 nitrogen and oxygen atoms in total. The highest BCUT2D eigenvalue weighted by molar-refractivity contribution is 6.36. The minimum atomic E-state index is -0.802. The number of nitrogens with zero attached hydrogens (tertiary/aromatic N) is 2. The van der Waals surface area contributed by atoms with Crippen molar-refractivity contribution in [2.24, 2.45) is 4.99 Å². The number of nitrogens with one attached hydrogen (secondary N) is 2. The smallest absolute Gasteiger partial charge is 0.249 e. The van der Waals surface area contributed by atoms with Gasteiger partial charge < -0.3 is 15.0 Å². The van der Waals surface area contributed by atoms with Crippen molar-refractivity contribution in [2.75, 3.05) is 31.6 Å². The quantitative estimate of drug-likeness (QED) is 0.826. The summed E-state index contributed by atoms with van der Waals surface area (Å²) in [6.45, 7) is 2.37. The molecule has 128 valence electrons. The van der Waals surface area contributed by atoms with E-state index >= 15 is 0 Å². The Morgan fingerprint density at radius 3 is 2.79 bits per heavy atom. The number of hydrogen-bond acceptors (Lipinski definition) is 5. The van der Waals surface area contributed by atoms with Gasteiger partial charge in [-0.15, -0.1) is 0 Å². The first kappa shape index (κ1) is 17.0. The molecule has 9 heteroatoms. The van der Waals surface area contributed by atoms with Crippen molar-refractivity contribution in [1.82, 2.24) is 10.2 Å². The molecule has 24 heavy (non-hydrogen) atoms. The van der Waals surface area contributed by atoms with E-state index in [1.165, 1.54) is 6.07 Å². The van der Waals surface area contributed by atoms with E-state index in [0.717, 1.165) is 0 Å². The summed E-state index contributed by atoms with van der Waals surface area (Å²) in [5.74, 6) is -0.217. The predicted octanol–water partition coefficient (Wildman–Crippen LogP) is 1.51. The van der Waals surface area contributed by atoms with Gasteiger partial charge in [-0.1, -0.05) is 23.2 Å². The van der Waals surface area contributed by atoms with E-state index in [-0.39, 0.29) is 18.2 Å². The van der Waals surface area contributed by atoms with Crippen LogP contribution in [0.15, 0.2) is 23.2 Å². The van der Waals surface area contributed by atoms with Crippen LogP contribution in [0.25, 0.3) is 0 Å². The molecule has 2 amide bonds. The summed E-state index contributed by atoms with van der Waals surface area (Å²) < 4.78 is 5.28. The molecule has 2 heterocycles. The summed E-state index contributed by atoms with van der Waals surface area (Å²) in [4.78, 5) is 30.6. The standard InChI is InChI=1S/C15H16Cl2N4O3/c16-9-1-2-11(10(17)7-9)18-14(23)12-8-13(22)20-15(19-12)21-3-5-24-6-4-21/h1-2,7,12H,3-6,8H2,(H,18,23)(H,19,20,22)/t12-/m1/s1. The fourth-order valence-corrected chi connectivity index (χ4v) is 2.93. The van der Waals surface area contributed by atoms with Gasteiger partial charge in [-0.2, -0.15) is 0 Å². The van der Waals surface area contributed by atoms with Gasteiger partial charge in [0.05, 0.1) is 30.3 Å². The first-order chi connectivity index (χ1) is 11.5. The molecule has 0 aliphatic carbocycles. The Balaban J connectivity index is 1.74. The molecule has 0 spiro atoms. The number of morpholine rings is 1. The van der Waals surface area contributed by atoms with E-state index in [2.05, 4.69) is 15.6 Å². The molecule has 3 rings (SSSR count). The zero-order valence-electron chi connectivity index (χ0n) is 12.7. The van der Waals surface area contributed by atoms with E-state index in [1.54, 1.807) is 12.1 Å². The number of guanidine groups is 1. The molecule has 2 N–H and O–H groups in total. The van der Waals surface area contributed by atoms with Crippen LogP contribution in [-0.4, -0.2) is 55.0 Å². The van der Waals surface area contributed by atoms with Crippen LogP contribution in [-0.2, 0) is 14.3 Å². The molecule has 0 saturated carbocycles. The summed E-state index contributed by atoms with van der Waals surface area (Å²) in [7, 11) is 0. The maximum absolute atomic E-state index is 12.4. The summed E-state index contributed by atoms with van der Waals surface area (Å²) in [5.41, 5.74) is 0.431. The molecule has 2 aliphatic rings. The van der Waals surface area contributed by atoms with Crippen molar-refractivity contribution < 1.29 is 14.3 Å². The van der Waals surface area contributed by atoms with Crippen molar-refractivity contribution in [2.45, 2.75) is 12.5 Å². The van der Waals surface area contributed by atoms with Gasteiger partial charge in [0, 0.05) is 18.1 Å². The molecule has 0 bridgehead atoms. The number of hydrogen-bond donors (Lipinski definition) is 2. The largest absolute Gasteiger partial charge is 0.378 e. The Hall–Kier alpha value is -1.83. The maximum Gasteiger partial charge on any atom is 0.249 e. The Kier molecular flexibility index (Phi) is 5.23. The Morgan fingerprint density at radius 2 is 2.08 bits per heavy atom. The fraction of sp³-hybridized carbons (Fsp3) is 0.400. The number of anilines is 1. The first-order valence-corrected chi connectivity index (χ1v) is 8.25. The van der Waals surface area contributed by atoms with E-state index < -0.39 is 6.04 Å². The number of benzene rings is 1. The zero-order chi connectivity index (χ0) is 17.1. The van der Waals surface area contributed by atoms with Gasteiger partial charge in [0.15, 0.2) is 0 Å². The molecular formula is C15H16Cl2N4O3. The number of carbonyl (C=O) groups excluding carboxylic acids is 2. The van der Waals surface area contributed by atoms with Gasteiger partial charge in [0.25, 0.3) is 0 Å². The Labute approximate surface area is 149 Å². The monoisotopic (exact) mass is 370 g/mol. The minimum Gasteiger partial charge on any atom is -0.378 e. The molecule has 0 unspecified atom stereocenters. The second-order valence-electron chi connectivity index (χ2n) is 5.43. The lowest BCUT2D eigenvalue weighted by molar-refractivity contribution is -0.125. The number of carbonyl (C=O) groups is 2. The minimum absolute atomic E-state index is 0.00905. The van der Waals surface area contributed by atoms with Crippen LogP contribution in [0.1, 0.15) is 6.42 Å². The molecular weight excluding hydrogens is 355 g/mol. The van der Waals surface area contributed by atoms with Crippen LogP contribution in [0.5, 0.6) is 0 Å². The lowest BCUT2D eigenvalue weighted by atomic mass is 10.1. The third-order valence-electron chi connectivity index (χ3n) is 3.71. The molecule has 0 radical (unpaired) electrons. The number of aliphatic imine (C=N–C) groups is 1. The van der Waals surface area contributed by atoms with Gasteiger partial charge >= 0.3 is 0 Å². The van der Waals surface area contributed by atoms with Gasteiger partial charge in [0.2, 0.25) is 17.8 Å². The number of ether oxygens (including phenoxy) is 1. The lowest BCUT2D eigenvalue weighted by Gasteiger charge is -2.32. The van der Waals surface area contributed by atoms with Gasteiger partial charge in [-0.05, 0) is 18.2 Å². The average molecular weight is 371 g/mol. The number of halogens is 2. The molecule has 1 atom stereocenters. The highest BCUT2D eigenvalue weighted by Crippen LogP contribution is 2.26. The van der Waals surface area contributed by atoms with Crippen LogP contribution >= 0.6 is 23.2 Å². The summed E-state index contributed by atoms with van der Waals surface area (Å²) in [6.07, 6.45) is -0.00905. The van der Waals surface area contributed by atoms with Crippen LogP contribution in [0.3, 0.4) is 0 Å². The average Bonchev–Trinajstić information content (AvgIpc) is 2.57. The fourth-order valence-electron chi connectivity index (χ4n) is 2.47. The normalized spacial score (nSPS) is 21.1. The van der Waals surface area contributed by atoms with Crippen LogP contribution in [0.4, 0.5) is 5.69 Å². The predicted molar refractivity (Wildman–Crippen MR) is 91.5 cm³/mol. The van der Waals surface area contributed by atoms with Crippen molar-refractivity contribution in [1.29, 1.82) is 0 Å². The molecule has 2 aliphatic heterocycles. The second kappa shape index (κ2) is 7.38. The summed E-state index contributed by atoms with van der Waals surface area (Å²) in [6, 6.07) is 3.97. The lowest BCUT2D eigenvalue weighted by Crippen LogP contribution is -2.53.